The van der Waals surface area contributed by atoms with E-state index in [0.717, 1.165) is 22.4 Å². The second kappa shape index (κ2) is 6.37. The Bertz CT molecular complexity index is 804. The van der Waals surface area contributed by atoms with Crippen molar-refractivity contribution in [3.8, 4) is 22.4 Å². The lowest BCUT2D eigenvalue weighted by atomic mass is 10.1. The number of nitrogens with zero attached hydrogens (tertiary/aromatic N) is 3. The highest BCUT2D eigenvalue weighted by Crippen LogP contribution is 2.22. The Labute approximate surface area is 139 Å². The lowest BCUT2D eigenvalue weighted by Gasteiger charge is -2.05. The number of pyridine rings is 1. The third kappa shape index (κ3) is 3.17. The molecular weight excluding hydrogens is 300 g/mol. The van der Waals surface area contributed by atoms with Gasteiger partial charge in [-0.2, -0.15) is 0 Å². The molecule has 0 radical (unpaired) electrons. The molecule has 118 valence electrons. The molecule has 0 atom stereocenters. The molecule has 0 aliphatic heterocycles. The van der Waals surface area contributed by atoms with Gasteiger partial charge in [-0.25, -0.2) is 9.97 Å². The summed E-state index contributed by atoms with van der Waals surface area (Å²) >= 11 is 0. The first kappa shape index (κ1) is 15.5. The fraction of sp³-hybridized carbons (Fsp3) is 0.0556. The summed E-state index contributed by atoms with van der Waals surface area (Å²) in [5, 5.41) is 14.9. The van der Waals surface area contributed by atoms with E-state index in [0.29, 0.717) is 17.1 Å². The van der Waals surface area contributed by atoms with Crippen LogP contribution in [0.4, 0.5) is 0 Å². The number of hydrogen-bond donors (Lipinski definition) is 3. The predicted octanol–water partition coefficient (Wildman–Crippen LogP) is 2.88. The maximum absolute atomic E-state index is 7.52. The van der Waals surface area contributed by atoms with Crippen LogP contribution in [0.2, 0.25) is 0 Å². The van der Waals surface area contributed by atoms with Crippen LogP contribution in [0.25, 0.3) is 22.4 Å². The van der Waals surface area contributed by atoms with E-state index in [1.807, 2.05) is 24.3 Å². The van der Waals surface area contributed by atoms with E-state index in [1.165, 1.54) is 0 Å². The van der Waals surface area contributed by atoms with Crippen molar-refractivity contribution in [3.63, 3.8) is 0 Å². The van der Waals surface area contributed by atoms with Gasteiger partial charge in [0.15, 0.2) is 5.82 Å². The molecule has 0 fully saturated rings. The van der Waals surface area contributed by atoms with Crippen LogP contribution in [0.5, 0.6) is 0 Å². The minimum absolute atomic E-state index is 0.0495. The molecular formula is C18H16N6. The Kier molecular flexibility index (Phi) is 4.11. The SMILES string of the molecule is CC(=N)c1ncc(-c2ccc(-c3ccc(C(=N)N)cc3)nc2)cn1. The summed E-state index contributed by atoms with van der Waals surface area (Å²) < 4.78 is 0. The van der Waals surface area contributed by atoms with Crippen LogP contribution in [-0.4, -0.2) is 26.5 Å². The third-order valence-corrected chi connectivity index (χ3v) is 3.58. The maximum atomic E-state index is 7.52. The number of aromatic nitrogens is 3. The normalized spacial score (nSPS) is 10.4. The second-order valence-corrected chi connectivity index (χ2v) is 5.34. The molecule has 3 rings (SSSR count). The minimum Gasteiger partial charge on any atom is -0.384 e. The van der Waals surface area contributed by atoms with Gasteiger partial charge in [0.05, 0.1) is 11.4 Å². The van der Waals surface area contributed by atoms with Crippen molar-refractivity contribution in [2.75, 3.05) is 0 Å². The predicted molar refractivity (Wildman–Crippen MR) is 94.2 cm³/mol. The molecule has 6 nitrogen and oxygen atoms in total. The van der Waals surface area contributed by atoms with Gasteiger partial charge in [0, 0.05) is 40.8 Å². The molecule has 2 heterocycles. The fourth-order valence-corrected chi connectivity index (χ4v) is 2.23. The second-order valence-electron chi connectivity index (χ2n) is 5.34. The summed E-state index contributed by atoms with van der Waals surface area (Å²) in [4.78, 5) is 12.8. The Hall–Kier alpha value is -3.41. The van der Waals surface area contributed by atoms with Crippen LogP contribution in [0, 0.1) is 10.8 Å². The highest BCUT2D eigenvalue weighted by molar-refractivity contribution is 5.95. The van der Waals surface area contributed by atoms with E-state index in [-0.39, 0.29) is 5.84 Å². The molecule has 0 saturated carbocycles. The Morgan fingerprint density at radius 3 is 1.88 bits per heavy atom. The molecule has 0 aliphatic rings. The average Bonchev–Trinajstić information content (AvgIpc) is 2.62. The van der Waals surface area contributed by atoms with Gasteiger partial charge in [-0.15, -0.1) is 0 Å². The number of rotatable bonds is 4. The first-order valence-corrected chi connectivity index (χ1v) is 7.33. The van der Waals surface area contributed by atoms with Crippen LogP contribution in [-0.2, 0) is 0 Å². The van der Waals surface area contributed by atoms with E-state index in [4.69, 9.17) is 16.6 Å². The number of hydrogen-bond acceptors (Lipinski definition) is 5. The summed E-state index contributed by atoms with van der Waals surface area (Å²) in [5.74, 6) is 0.474. The standard InChI is InChI=1S/C18H16N6/c1-11(19)18-23-9-15(10-24-18)14-6-7-16(22-8-14)12-2-4-13(5-3-12)17(20)21/h2-10,19H,1H3,(H3,20,21). The summed E-state index contributed by atoms with van der Waals surface area (Å²) in [6, 6.07) is 11.3. The molecule has 2 aromatic heterocycles. The highest BCUT2D eigenvalue weighted by atomic mass is 14.9. The van der Waals surface area contributed by atoms with E-state index in [1.54, 1.807) is 37.6 Å². The molecule has 6 heteroatoms. The van der Waals surface area contributed by atoms with Gasteiger partial charge in [-0.1, -0.05) is 30.3 Å². The van der Waals surface area contributed by atoms with E-state index in [2.05, 4.69) is 15.0 Å². The molecule has 0 unspecified atom stereocenters. The van der Waals surface area contributed by atoms with E-state index >= 15 is 0 Å². The van der Waals surface area contributed by atoms with Gasteiger partial charge in [-0.05, 0) is 13.0 Å². The van der Waals surface area contributed by atoms with Gasteiger partial charge < -0.3 is 11.1 Å². The summed E-state index contributed by atoms with van der Waals surface area (Å²) in [5.41, 5.74) is 10.0. The Balaban J connectivity index is 1.84. The molecule has 0 bridgehead atoms. The zero-order valence-electron chi connectivity index (χ0n) is 13.1. The number of benzene rings is 1. The molecule has 0 saturated heterocycles. The minimum atomic E-state index is 0.0495. The Morgan fingerprint density at radius 2 is 1.38 bits per heavy atom. The first-order valence-electron chi connectivity index (χ1n) is 7.33. The van der Waals surface area contributed by atoms with Crippen molar-refractivity contribution in [1.82, 2.24) is 15.0 Å². The number of nitrogen functional groups attached to an aromatic ring is 1. The summed E-state index contributed by atoms with van der Waals surface area (Å²) in [6.45, 7) is 1.66. The Morgan fingerprint density at radius 1 is 0.792 bits per heavy atom. The van der Waals surface area contributed by atoms with E-state index in [9.17, 15) is 0 Å². The molecule has 4 N–H and O–H groups in total. The van der Waals surface area contributed by atoms with Crippen molar-refractivity contribution < 1.29 is 0 Å². The zero-order chi connectivity index (χ0) is 17.1. The smallest absolute Gasteiger partial charge is 0.172 e. The van der Waals surface area contributed by atoms with Crippen molar-refractivity contribution in [1.29, 1.82) is 10.8 Å². The van der Waals surface area contributed by atoms with Crippen LogP contribution >= 0.6 is 0 Å². The topological polar surface area (TPSA) is 112 Å². The van der Waals surface area contributed by atoms with Crippen LogP contribution in [0.1, 0.15) is 18.3 Å². The molecule has 0 amide bonds. The maximum Gasteiger partial charge on any atom is 0.172 e. The lowest BCUT2D eigenvalue weighted by Crippen LogP contribution is -2.10. The highest BCUT2D eigenvalue weighted by Gasteiger charge is 2.05. The average molecular weight is 316 g/mol. The molecule has 3 aromatic rings. The number of amidine groups is 1. The molecule has 1 aromatic carbocycles. The summed E-state index contributed by atoms with van der Waals surface area (Å²) in [7, 11) is 0. The van der Waals surface area contributed by atoms with Gasteiger partial charge in [0.25, 0.3) is 0 Å². The molecule has 24 heavy (non-hydrogen) atoms. The van der Waals surface area contributed by atoms with Crippen LogP contribution in [0.3, 0.4) is 0 Å². The third-order valence-electron chi connectivity index (χ3n) is 3.58. The number of nitrogens with one attached hydrogen (secondary N) is 2. The van der Waals surface area contributed by atoms with Gasteiger partial charge in [-0.3, -0.25) is 10.4 Å². The van der Waals surface area contributed by atoms with E-state index < -0.39 is 0 Å². The fourth-order valence-electron chi connectivity index (χ4n) is 2.23. The van der Waals surface area contributed by atoms with Crippen molar-refractivity contribution in [2.45, 2.75) is 6.92 Å². The van der Waals surface area contributed by atoms with Crippen molar-refractivity contribution in [2.24, 2.45) is 5.73 Å². The quantitative estimate of drug-likeness (QED) is 0.507. The zero-order valence-corrected chi connectivity index (χ0v) is 13.1. The first-order chi connectivity index (χ1) is 11.5. The summed E-state index contributed by atoms with van der Waals surface area (Å²) in [6.07, 6.45) is 5.15. The van der Waals surface area contributed by atoms with Crippen LogP contribution in [0.15, 0.2) is 55.0 Å². The van der Waals surface area contributed by atoms with Gasteiger partial charge >= 0.3 is 0 Å². The monoisotopic (exact) mass is 316 g/mol. The molecule has 0 aliphatic carbocycles. The van der Waals surface area contributed by atoms with Crippen LogP contribution < -0.4 is 5.73 Å². The van der Waals surface area contributed by atoms with Crippen molar-refractivity contribution in [3.05, 3.63) is 66.4 Å². The van der Waals surface area contributed by atoms with Crippen molar-refractivity contribution >= 4 is 11.5 Å². The van der Waals surface area contributed by atoms with Gasteiger partial charge in [0.2, 0.25) is 0 Å². The lowest BCUT2D eigenvalue weighted by molar-refractivity contribution is 1.12. The number of nitrogens with two attached hydrogens (primary N) is 1. The largest absolute Gasteiger partial charge is 0.384 e. The molecule has 0 spiro atoms. The van der Waals surface area contributed by atoms with Gasteiger partial charge in [0.1, 0.15) is 5.84 Å².